The van der Waals surface area contributed by atoms with Crippen molar-refractivity contribution in [3.63, 3.8) is 0 Å². The highest BCUT2D eigenvalue weighted by atomic mass is 79.9. The highest BCUT2D eigenvalue weighted by Crippen LogP contribution is 2.41. The standard InChI is InChI=1S/C27H20BrNO5S/c1-3-33-27(32)16-4-9-18(10-5-16)29-23(15-6-11-19(35-2)12-7-15)22-24(30)20-14-17(28)8-13-21(20)34-25(22)26(29)31/h4-14,23H,3H2,1-2H3. The molecular weight excluding hydrogens is 530 g/mol. The largest absolute Gasteiger partial charge is 0.462 e. The summed E-state index contributed by atoms with van der Waals surface area (Å²) in [5.41, 5.74) is 2.10. The molecule has 8 heteroatoms. The average molecular weight is 550 g/mol. The normalized spacial score (nSPS) is 14.9. The first kappa shape index (κ1) is 23.4. The van der Waals surface area contributed by atoms with E-state index in [0.29, 0.717) is 27.8 Å². The van der Waals surface area contributed by atoms with Gasteiger partial charge in [-0.25, -0.2) is 4.79 Å². The van der Waals surface area contributed by atoms with Crippen LogP contribution in [0.3, 0.4) is 0 Å². The summed E-state index contributed by atoms with van der Waals surface area (Å²) in [4.78, 5) is 42.1. The topological polar surface area (TPSA) is 76.8 Å². The minimum absolute atomic E-state index is 0.0261. The van der Waals surface area contributed by atoms with Crippen molar-refractivity contribution in [1.29, 1.82) is 0 Å². The molecule has 3 aromatic carbocycles. The van der Waals surface area contributed by atoms with E-state index in [1.807, 2.05) is 30.5 Å². The van der Waals surface area contributed by atoms with Crippen LogP contribution >= 0.6 is 27.7 Å². The van der Waals surface area contributed by atoms with Crippen molar-refractivity contribution in [2.75, 3.05) is 17.8 Å². The van der Waals surface area contributed by atoms with Gasteiger partial charge in [0.25, 0.3) is 5.91 Å². The van der Waals surface area contributed by atoms with Gasteiger partial charge in [0.1, 0.15) is 5.58 Å². The van der Waals surface area contributed by atoms with Gasteiger partial charge in [-0.05, 0) is 73.3 Å². The second kappa shape index (κ2) is 9.36. The average Bonchev–Trinajstić information content (AvgIpc) is 3.17. The SMILES string of the molecule is CCOC(=O)c1ccc(N2C(=O)c3oc4ccc(Br)cc4c(=O)c3C2c2ccc(SC)cc2)cc1. The number of benzene rings is 3. The minimum atomic E-state index is -0.679. The third kappa shape index (κ3) is 4.06. The first-order valence-corrected chi connectivity index (χ1v) is 13.0. The van der Waals surface area contributed by atoms with E-state index in [-0.39, 0.29) is 17.8 Å². The fourth-order valence-corrected chi connectivity index (χ4v) is 5.05. The molecule has 0 saturated heterocycles. The molecular formula is C27H20BrNO5S. The second-order valence-corrected chi connectivity index (χ2v) is 9.73. The maximum absolute atomic E-state index is 13.7. The molecule has 0 saturated carbocycles. The van der Waals surface area contributed by atoms with E-state index in [4.69, 9.17) is 9.15 Å². The quantitative estimate of drug-likeness (QED) is 0.218. The van der Waals surface area contributed by atoms with Crippen LogP contribution in [-0.4, -0.2) is 24.7 Å². The Kier molecular flexibility index (Phi) is 6.25. The third-order valence-corrected chi connectivity index (χ3v) is 7.16. The Morgan fingerprint density at radius 1 is 1.06 bits per heavy atom. The van der Waals surface area contributed by atoms with Crippen LogP contribution in [0.2, 0.25) is 0 Å². The van der Waals surface area contributed by atoms with Crippen LogP contribution in [0.5, 0.6) is 0 Å². The predicted molar refractivity (Wildman–Crippen MR) is 139 cm³/mol. The molecule has 0 N–H and O–H groups in total. The van der Waals surface area contributed by atoms with Gasteiger partial charge >= 0.3 is 5.97 Å². The molecule has 176 valence electrons. The molecule has 1 amide bonds. The maximum Gasteiger partial charge on any atom is 0.338 e. The second-order valence-electron chi connectivity index (χ2n) is 7.93. The van der Waals surface area contributed by atoms with Crippen molar-refractivity contribution < 1.29 is 18.7 Å². The minimum Gasteiger partial charge on any atom is -0.462 e. The molecule has 1 aromatic heterocycles. The van der Waals surface area contributed by atoms with E-state index in [1.54, 1.807) is 66.1 Å². The van der Waals surface area contributed by atoms with E-state index in [2.05, 4.69) is 15.9 Å². The summed E-state index contributed by atoms with van der Waals surface area (Å²) in [6.45, 7) is 2.01. The number of fused-ring (bicyclic) bond motifs is 2. The van der Waals surface area contributed by atoms with Crippen LogP contribution in [0.1, 0.15) is 45.0 Å². The highest BCUT2D eigenvalue weighted by molar-refractivity contribution is 9.10. The molecule has 35 heavy (non-hydrogen) atoms. The summed E-state index contributed by atoms with van der Waals surface area (Å²) >= 11 is 5.02. The van der Waals surface area contributed by atoms with Crippen molar-refractivity contribution in [2.24, 2.45) is 0 Å². The van der Waals surface area contributed by atoms with Crippen LogP contribution in [0.25, 0.3) is 11.0 Å². The molecule has 1 atom stereocenters. The Hall–Kier alpha value is -3.36. The molecule has 1 unspecified atom stereocenters. The lowest BCUT2D eigenvalue weighted by atomic mass is 9.98. The fourth-order valence-electron chi connectivity index (χ4n) is 4.29. The van der Waals surface area contributed by atoms with Gasteiger partial charge in [0.05, 0.1) is 29.2 Å². The zero-order valence-electron chi connectivity index (χ0n) is 18.9. The number of amides is 1. The fraction of sp³-hybridized carbons (Fsp3) is 0.148. The zero-order valence-corrected chi connectivity index (χ0v) is 21.3. The van der Waals surface area contributed by atoms with Gasteiger partial charge in [-0.3, -0.25) is 14.5 Å². The lowest BCUT2D eigenvalue weighted by Gasteiger charge is -2.25. The highest BCUT2D eigenvalue weighted by Gasteiger charge is 2.43. The number of ether oxygens (including phenoxy) is 1. The summed E-state index contributed by atoms with van der Waals surface area (Å²) in [6.07, 6.45) is 1.99. The monoisotopic (exact) mass is 549 g/mol. The number of thioether (sulfide) groups is 1. The number of carbonyl (C=O) groups is 2. The van der Waals surface area contributed by atoms with Crippen molar-refractivity contribution in [3.05, 3.63) is 104 Å². The lowest BCUT2D eigenvalue weighted by molar-refractivity contribution is 0.0526. The number of esters is 1. The molecule has 0 radical (unpaired) electrons. The van der Waals surface area contributed by atoms with Gasteiger partial charge in [0.15, 0.2) is 5.43 Å². The molecule has 0 fully saturated rings. The molecule has 1 aliphatic heterocycles. The van der Waals surface area contributed by atoms with E-state index >= 15 is 0 Å². The molecule has 0 spiro atoms. The number of rotatable bonds is 5. The summed E-state index contributed by atoms with van der Waals surface area (Å²) in [6, 6.07) is 18.8. The summed E-state index contributed by atoms with van der Waals surface area (Å²) in [5, 5.41) is 0.399. The van der Waals surface area contributed by atoms with Crippen molar-refractivity contribution in [1.82, 2.24) is 0 Å². The van der Waals surface area contributed by atoms with Crippen molar-refractivity contribution >= 4 is 56.2 Å². The van der Waals surface area contributed by atoms with E-state index in [9.17, 15) is 14.4 Å². The van der Waals surface area contributed by atoms with Gasteiger partial charge < -0.3 is 9.15 Å². The van der Waals surface area contributed by atoms with Gasteiger partial charge in [-0.1, -0.05) is 28.1 Å². The van der Waals surface area contributed by atoms with Crippen LogP contribution in [0, 0.1) is 0 Å². The van der Waals surface area contributed by atoms with Crippen LogP contribution in [-0.2, 0) is 4.74 Å². The Balaban J connectivity index is 1.70. The number of nitrogens with zero attached hydrogens (tertiary/aromatic N) is 1. The molecule has 6 nitrogen and oxygen atoms in total. The number of hydrogen-bond donors (Lipinski definition) is 0. The van der Waals surface area contributed by atoms with Crippen LogP contribution in [0.15, 0.2) is 85.3 Å². The first-order chi connectivity index (χ1) is 16.9. The Labute approximate surface area is 214 Å². The summed E-state index contributed by atoms with van der Waals surface area (Å²) in [5.74, 6) is -0.823. The molecule has 0 bridgehead atoms. The van der Waals surface area contributed by atoms with Crippen LogP contribution < -0.4 is 10.3 Å². The number of anilines is 1. The molecule has 4 aromatic rings. The van der Waals surface area contributed by atoms with E-state index in [0.717, 1.165) is 14.9 Å². The van der Waals surface area contributed by atoms with Gasteiger partial charge in [-0.2, -0.15) is 0 Å². The number of carbonyl (C=O) groups excluding carboxylic acids is 2. The Morgan fingerprint density at radius 3 is 2.43 bits per heavy atom. The molecule has 1 aliphatic rings. The Bertz CT molecular complexity index is 1510. The van der Waals surface area contributed by atoms with Gasteiger partial charge in [-0.15, -0.1) is 11.8 Å². The lowest BCUT2D eigenvalue weighted by Crippen LogP contribution is -2.29. The van der Waals surface area contributed by atoms with Crippen molar-refractivity contribution in [3.8, 4) is 0 Å². The zero-order chi connectivity index (χ0) is 24.7. The summed E-state index contributed by atoms with van der Waals surface area (Å²) < 4.78 is 11.8. The predicted octanol–water partition coefficient (Wildman–Crippen LogP) is 6.20. The van der Waals surface area contributed by atoms with Gasteiger partial charge in [0, 0.05) is 15.1 Å². The third-order valence-electron chi connectivity index (χ3n) is 5.92. The Morgan fingerprint density at radius 2 is 1.77 bits per heavy atom. The van der Waals surface area contributed by atoms with Gasteiger partial charge in [0.2, 0.25) is 5.76 Å². The summed E-state index contributed by atoms with van der Waals surface area (Å²) in [7, 11) is 0. The van der Waals surface area contributed by atoms with Crippen LogP contribution in [0.4, 0.5) is 5.69 Å². The molecule has 5 rings (SSSR count). The smallest absolute Gasteiger partial charge is 0.338 e. The molecule has 2 heterocycles. The number of halogens is 1. The van der Waals surface area contributed by atoms with Crippen molar-refractivity contribution in [2.45, 2.75) is 17.9 Å². The number of hydrogen-bond acceptors (Lipinski definition) is 6. The molecule has 0 aliphatic carbocycles. The maximum atomic E-state index is 13.7. The first-order valence-electron chi connectivity index (χ1n) is 10.9. The van der Waals surface area contributed by atoms with E-state index in [1.165, 1.54) is 0 Å². The van der Waals surface area contributed by atoms with E-state index < -0.39 is 17.9 Å².